The summed E-state index contributed by atoms with van der Waals surface area (Å²) in [5, 5.41) is 4.42. The Bertz CT molecular complexity index is 570. The van der Waals surface area contributed by atoms with Crippen molar-refractivity contribution in [2.75, 3.05) is 0 Å². The average molecular weight is 245 g/mol. The van der Waals surface area contributed by atoms with Gasteiger partial charge in [-0.3, -0.25) is 0 Å². The zero-order valence-electron chi connectivity index (χ0n) is 10.3. The number of rotatable bonds is 3. The van der Waals surface area contributed by atoms with E-state index in [0.29, 0.717) is 11.6 Å². The normalized spacial score (nSPS) is 16.8. The molecule has 3 rings (SSSR count). The summed E-state index contributed by atoms with van der Waals surface area (Å²) in [6.07, 6.45) is 4.21. The Morgan fingerprint density at radius 2 is 2.17 bits per heavy atom. The van der Waals surface area contributed by atoms with E-state index in [-0.39, 0.29) is 11.9 Å². The van der Waals surface area contributed by atoms with Crippen LogP contribution in [0.4, 0.5) is 4.39 Å². The lowest BCUT2D eigenvalue weighted by atomic mass is 10.1. The fourth-order valence-electron chi connectivity index (χ4n) is 2.06. The minimum atomic E-state index is -0.282. The molecule has 1 saturated carbocycles. The van der Waals surface area contributed by atoms with Crippen LogP contribution in [0.5, 0.6) is 0 Å². The highest BCUT2D eigenvalue weighted by molar-refractivity contribution is 5.37. The van der Waals surface area contributed by atoms with Crippen molar-refractivity contribution in [1.82, 2.24) is 9.78 Å². The highest BCUT2D eigenvalue weighted by Gasteiger charge is 2.26. The summed E-state index contributed by atoms with van der Waals surface area (Å²) >= 11 is 0. The summed E-state index contributed by atoms with van der Waals surface area (Å²) < 4.78 is 15.6. The van der Waals surface area contributed by atoms with Crippen LogP contribution in [-0.4, -0.2) is 9.78 Å². The fourth-order valence-corrected chi connectivity index (χ4v) is 2.06. The molecule has 1 fully saturated rings. The molecular weight excluding hydrogens is 229 g/mol. The van der Waals surface area contributed by atoms with E-state index in [9.17, 15) is 4.39 Å². The molecule has 0 saturated heterocycles. The first-order valence-electron chi connectivity index (χ1n) is 6.26. The fraction of sp³-hybridized carbons (Fsp3) is 0.357. The van der Waals surface area contributed by atoms with Crippen LogP contribution in [0.2, 0.25) is 0 Å². The second-order valence-corrected chi connectivity index (χ2v) is 4.96. The molecule has 0 bridgehead atoms. The van der Waals surface area contributed by atoms with E-state index in [1.54, 1.807) is 10.7 Å². The molecule has 1 aliphatic carbocycles. The molecule has 1 aromatic carbocycles. The maximum absolute atomic E-state index is 14.0. The molecule has 0 radical (unpaired) electrons. The van der Waals surface area contributed by atoms with Gasteiger partial charge in [0.05, 0.1) is 5.69 Å². The van der Waals surface area contributed by atoms with Crippen molar-refractivity contribution in [2.24, 2.45) is 5.73 Å². The third-order valence-corrected chi connectivity index (χ3v) is 3.35. The average Bonchev–Trinajstić information content (AvgIpc) is 3.08. The van der Waals surface area contributed by atoms with Crippen LogP contribution in [0.15, 0.2) is 30.5 Å². The lowest BCUT2D eigenvalue weighted by molar-refractivity contribution is 0.604. The van der Waals surface area contributed by atoms with Crippen molar-refractivity contribution in [1.29, 1.82) is 0 Å². The van der Waals surface area contributed by atoms with Crippen LogP contribution in [0.1, 0.15) is 43.0 Å². The van der Waals surface area contributed by atoms with Crippen LogP contribution < -0.4 is 5.73 Å². The second-order valence-electron chi connectivity index (χ2n) is 4.96. The van der Waals surface area contributed by atoms with Gasteiger partial charge in [-0.2, -0.15) is 5.10 Å². The Kier molecular flexibility index (Phi) is 2.67. The highest BCUT2D eigenvalue weighted by Crippen LogP contribution is 2.39. The van der Waals surface area contributed by atoms with E-state index in [2.05, 4.69) is 5.10 Å². The van der Waals surface area contributed by atoms with Crippen LogP contribution in [0.3, 0.4) is 0 Å². The molecular formula is C14H16FN3. The maximum Gasteiger partial charge on any atom is 0.149 e. The van der Waals surface area contributed by atoms with Gasteiger partial charge in [-0.25, -0.2) is 9.07 Å². The largest absolute Gasteiger partial charge is 0.324 e. The molecule has 0 unspecified atom stereocenters. The van der Waals surface area contributed by atoms with E-state index in [1.165, 1.54) is 18.9 Å². The monoisotopic (exact) mass is 245 g/mol. The molecule has 2 N–H and O–H groups in total. The zero-order chi connectivity index (χ0) is 12.7. The highest BCUT2D eigenvalue weighted by atomic mass is 19.1. The number of halogens is 1. The third kappa shape index (κ3) is 2.04. The first-order chi connectivity index (χ1) is 8.65. The van der Waals surface area contributed by atoms with Gasteiger partial charge in [-0.15, -0.1) is 0 Å². The van der Waals surface area contributed by atoms with Crippen LogP contribution in [-0.2, 0) is 0 Å². The minimum Gasteiger partial charge on any atom is -0.324 e. The van der Waals surface area contributed by atoms with Crippen molar-refractivity contribution in [2.45, 2.75) is 31.7 Å². The molecule has 1 heterocycles. The predicted octanol–water partition coefficient (Wildman–Crippen LogP) is 2.91. The number of nitrogens with zero attached hydrogens (tertiary/aromatic N) is 2. The number of nitrogens with two attached hydrogens (primary N) is 1. The SMILES string of the molecule is C[C@@H](N)c1ccc(-n2ccc(C3CC3)n2)c(F)c1. The van der Waals surface area contributed by atoms with Gasteiger partial charge in [-0.1, -0.05) is 6.07 Å². The first-order valence-corrected chi connectivity index (χ1v) is 6.26. The standard InChI is InChI=1S/C14H16FN3/c1-9(16)11-4-5-14(12(15)8-11)18-7-6-13(17-18)10-2-3-10/h4-10H,2-3,16H2,1H3/t9-/m1/s1. The molecule has 0 spiro atoms. The summed E-state index contributed by atoms with van der Waals surface area (Å²) in [5.74, 6) is 0.299. The third-order valence-electron chi connectivity index (χ3n) is 3.35. The van der Waals surface area contributed by atoms with Crippen molar-refractivity contribution >= 4 is 0 Å². The Morgan fingerprint density at radius 3 is 2.78 bits per heavy atom. The molecule has 1 atom stereocenters. The van der Waals surface area contributed by atoms with E-state index in [1.807, 2.05) is 25.3 Å². The predicted molar refractivity (Wildman–Crippen MR) is 68.1 cm³/mol. The summed E-state index contributed by atoms with van der Waals surface area (Å²) in [7, 11) is 0. The number of aromatic nitrogens is 2. The Hall–Kier alpha value is -1.68. The van der Waals surface area contributed by atoms with Gasteiger partial charge in [0, 0.05) is 18.2 Å². The number of hydrogen-bond acceptors (Lipinski definition) is 2. The van der Waals surface area contributed by atoms with Crippen LogP contribution in [0, 0.1) is 5.82 Å². The van der Waals surface area contributed by atoms with Gasteiger partial charge >= 0.3 is 0 Å². The lowest BCUT2D eigenvalue weighted by Crippen LogP contribution is -2.07. The molecule has 4 heteroatoms. The molecule has 0 amide bonds. The lowest BCUT2D eigenvalue weighted by Gasteiger charge is -2.08. The van der Waals surface area contributed by atoms with Crippen molar-refractivity contribution in [3.63, 3.8) is 0 Å². The molecule has 3 nitrogen and oxygen atoms in total. The molecule has 18 heavy (non-hydrogen) atoms. The van der Waals surface area contributed by atoms with Gasteiger partial charge in [0.1, 0.15) is 11.5 Å². The molecule has 1 aromatic heterocycles. The van der Waals surface area contributed by atoms with Crippen molar-refractivity contribution in [3.05, 3.63) is 47.5 Å². The minimum absolute atomic E-state index is 0.159. The second kappa shape index (κ2) is 4.21. The van der Waals surface area contributed by atoms with E-state index < -0.39 is 0 Å². The van der Waals surface area contributed by atoms with Gasteiger partial charge in [0.15, 0.2) is 0 Å². The van der Waals surface area contributed by atoms with Crippen LogP contribution >= 0.6 is 0 Å². The van der Waals surface area contributed by atoms with Crippen molar-refractivity contribution in [3.8, 4) is 5.69 Å². The summed E-state index contributed by atoms with van der Waals surface area (Å²) in [6, 6.07) is 6.88. The van der Waals surface area contributed by atoms with Gasteiger partial charge in [0.2, 0.25) is 0 Å². The van der Waals surface area contributed by atoms with E-state index in [4.69, 9.17) is 5.73 Å². The molecule has 2 aromatic rings. The molecule has 1 aliphatic rings. The summed E-state index contributed by atoms with van der Waals surface area (Å²) in [5.41, 5.74) is 8.07. The zero-order valence-corrected chi connectivity index (χ0v) is 10.3. The number of hydrogen-bond donors (Lipinski definition) is 1. The Morgan fingerprint density at radius 1 is 1.39 bits per heavy atom. The molecule has 0 aliphatic heterocycles. The van der Waals surface area contributed by atoms with Crippen LogP contribution in [0.25, 0.3) is 5.69 Å². The Balaban J connectivity index is 1.94. The molecule has 94 valence electrons. The van der Waals surface area contributed by atoms with Crippen molar-refractivity contribution < 1.29 is 4.39 Å². The Labute approximate surface area is 105 Å². The summed E-state index contributed by atoms with van der Waals surface area (Å²) in [4.78, 5) is 0. The summed E-state index contributed by atoms with van der Waals surface area (Å²) in [6.45, 7) is 1.84. The number of benzene rings is 1. The van der Waals surface area contributed by atoms with Gasteiger partial charge in [-0.05, 0) is 43.5 Å². The van der Waals surface area contributed by atoms with E-state index >= 15 is 0 Å². The van der Waals surface area contributed by atoms with Gasteiger partial charge in [0.25, 0.3) is 0 Å². The smallest absolute Gasteiger partial charge is 0.149 e. The quantitative estimate of drug-likeness (QED) is 0.903. The maximum atomic E-state index is 14.0. The van der Waals surface area contributed by atoms with E-state index in [0.717, 1.165) is 11.3 Å². The topological polar surface area (TPSA) is 43.8 Å². The first kappa shape index (κ1) is 11.4. The van der Waals surface area contributed by atoms with Gasteiger partial charge < -0.3 is 5.73 Å².